The zero-order chi connectivity index (χ0) is 18.1. The molecule has 2 rings (SSSR count). The third-order valence-electron chi connectivity index (χ3n) is 3.36. The Morgan fingerprint density at radius 2 is 1.76 bits per heavy atom. The van der Waals surface area contributed by atoms with Crippen molar-refractivity contribution in [1.29, 1.82) is 0 Å². The van der Waals surface area contributed by atoms with E-state index in [0.717, 1.165) is 5.56 Å². The number of amides is 2. The standard InChI is InChI=1S/C18H19FN2O4/c1-24-18(23)20-11-17(22)21-15(13-7-3-2-4-8-13)12-25-16-10-6-5-9-14(16)19/h2-10,15H,11-12H2,1H3,(H,20,23)(H,21,22)/t15-/m1/s1. The van der Waals surface area contributed by atoms with E-state index in [2.05, 4.69) is 15.4 Å². The zero-order valence-corrected chi connectivity index (χ0v) is 13.7. The fraction of sp³-hybridized carbons (Fsp3) is 0.222. The third-order valence-corrected chi connectivity index (χ3v) is 3.36. The van der Waals surface area contributed by atoms with Crippen LogP contribution >= 0.6 is 0 Å². The van der Waals surface area contributed by atoms with Crippen LogP contribution in [0.5, 0.6) is 5.75 Å². The second-order valence-corrected chi connectivity index (χ2v) is 5.12. The molecule has 6 nitrogen and oxygen atoms in total. The molecule has 2 aromatic rings. The minimum atomic E-state index is -0.700. The van der Waals surface area contributed by atoms with E-state index in [0.29, 0.717) is 0 Å². The highest BCUT2D eigenvalue weighted by Gasteiger charge is 2.17. The van der Waals surface area contributed by atoms with E-state index in [1.807, 2.05) is 30.3 Å². The van der Waals surface area contributed by atoms with Gasteiger partial charge in [-0.05, 0) is 17.7 Å². The van der Waals surface area contributed by atoms with E-state index in [-0.39, 0.29) is 18.9 Å². The van der Waals surface area contributed by atoms with Gasteiger partial charge in [-0.3, -0.25) is 4.79 Å². The number of carbonyl (C=O) groups excluding carboxylic acids is 2. The Labute approximate surface area is 144 Å². The maximum absolute atomic E-state index is 13.7. The van der Waals surface area contributed by atoms with Gasteiger partial charge in [0.25, 0.3) is 0 Å². The Bertz CT molecular complexity index is 709. The number of alkyl carbamates (subject to hydrolysis) is 1. The minimum Gasteiger partial charge on any atom is -0.488 e. The lowest BCUT2D eigenvalue weighted by Crippen LogP contribution is -2.40. The van der Waals surface area contributed by atoms with Crippen LogP contribution in [0.3, 0.4) is 0 Å². The van der Waals surface area contributed by atoms with Gasteiger partial charge in [0.2, 0.25) is 5.91 Å². The molecule has 0 aromatic heterocycles. The third kappa shape index (κ3) is 5.80. The normalized spacial score (nSPS) is 11.3. The lowest BCUT2D eigenvalue weighted by molar-refractivity contribution is -0.121. The second kappa shape index (κ2) is 9.27. The Morgan fingerprint density at radius 1 is 1.08 bits per heavy atom. The Kier molecular flexibility index (Phi) is 6.76. The molecule has 0 radical (unpaired) electrons. The van der Waals surface area contributed by atoms with Crippen LogP contribution in [0.4, 0.5) is 9.18 Å². The van der Waals surface area contributed by atoms with Gasteiger partial charge in [-0.25, -0.2) is 9.18 Å². The van der Waals surface area contributed by atoms with Crippen molar-refractivity contribution in [2.75, 3.05) is 20.3 Å². The molecule has 0 spiro atoms. The number of carbonyl (C=O) groups is 2. The fourth-order valence-electron chi connectivity index (χ4n) is 2.11. The molecule has 0 fully saturated rings. The van der Waals surface area contributed by atoms with E-state index in [1.165, 1.54) is 19.2 Å². The highest BCUT2D eigenvalue weighted by Crippen LogP contribution is 2.19. The first-order valence-corrected chi connectivity index (χ1v) is 7.63. The average Bonchev–Trinajstić information content (AvgIpc) is 2.65. The number of benzene rings is 2. The molecule has 2 N–H and O–H groups in total. The molecule has 0 unspecified atom stereocenters. The van der Waals surface area contributed by atoms with Gasteiger partial charge in [-0.2, -0.15) is 0 Å². The van der Waals surface area contributed by atoms with Gasteiger partial charge in [0.1, 0.15) is 13.2 Å². The molecule has 0 aliphatic carbocycles. The van der Waals surface area contributed by atoms with Crippen molar-refractivity contribution in [2.24, 2.45) is 0 Å². The lowest BCUT2D eigenvalue weighted by atomic mass is 10.1. The van der Waals surface area contributed by atoms with Crippen molar-refractivity contribution in [2.45, 2.75) is 6.04 Å². The van der Waals surface area contributed by atoms with Crippen molar-refractivity contribution in [3.05, 3.63) is 66.0 Å². The molecule has 0 aliphatic heterocycles. The average molecular weight is 346 g/mol. The van der Waals surface area contributed by atoms with Crippen LogP contribution in [0.15, 0.2) is 54.6 Å². The van der Waals surface area contributed by atoms with Gasteiger partial charge in [0.15, 0.2) is 11.6 Å². The summed E-state index contributed by atoms with van der Waals surface area (Å²) in [6.07, 6.45) is -0.700. The monoisotopic (exact) mass is 346 g/mol. The smallest absolute Gasteiger partial charge is 0.407 e. The molecule has 132 valence electrons. The van der Waals surface area contributed by atoms with Crippen LogP contribution in [0.2, 0.25) is 0 Å². The van der Waals surface area contributed by atoms with Gasteiger partial charge in [-0.15, -0.1) is 0 Å². The quantitative estimate of drug-likeness (QED) is 0.807. The molecule has 0 saturated heterocycles. The van der Waals surface area contributed by atoms with E-state index in [4.69, 9.17) is 4.74 Å². The first kappa shape index (κ1) is 18.3. The van der Waals surface area contributed by atoms with Crippen LogP contribution < -0.4 is 15.4 Å². The predicted octanol–water partition coefficient (Wildman–Crippen LogP) is 2.42. The highest BCUT2D eigenvalue weighted by atomic mass is 19.1. The Balaban J connectivity index is 2.02. The highest BCUT2D eigenvalue weighted by molar-refractivity contribution is 5.82. The van der Waals surface area contributed by atoms with Gasteiger partial charge < -0.3 is 20.1 Å². The maximum Gasteiger partial charge on any atom is 0.407 e. The zero-order valence-electron chi connectivity index (χ0n) is 13.7. The summed E-state index contributed by atoms with van der Waals surface area (Å²) in [5.41, 5.74) is 0.797. The van der Waals surface area contributed by atoms with Gasteiger partial charge >= 0.3 is 6.09 Å². The van der Waals surface area contributed by atoms with Crippen molar-refractivity contribution in [3.8, 4) is 5.75 Å². The van der Waals surface area contributed by atoms with Gasteiger partial charge in [-0.1, -0.05) is 42.5 Å². The van der Waals surface area contributed by atoms with Crippen molar-refractivity contribution >= 4 is 12.0 Å². The molecule has 0 heterocycles. The molecular formula is C18H19FN2O4. The van der Waals surface area contributed by atoms with Crippen LogP contribution in [0.1, 0.15) is 11.6 Å². The molecule has 25 heavy (non-hydrogen) atoms. The van der Waals surface area contributed by atoms with Crippen molar-refractivity contribution in [3.63, 3.8) is 0 Å². The molecule has 0 saturated carbocycles. The summed E-state index contributed by atoms with van der Waals surface area (Å²) in [6.45, 7) is -0.204. The summed E-state index contributed by atoms with van der Waals surface area (Å²) in [4.78, 5) is 23.1. The summed E-state index contributed by atoms with van der Waals surface area (Å²) in [5, 5.41) is 5.04. The summed E-state index contributed by atoms with van der Waals surface area (Å²) in [5.74, 6) is -0.797. The number of para-hydroxylation sites is 1. The summed E-state index contributed by atoms with van der Waals surface area (Å²) < 4.78 is 23.6. The summed E-state index contributed by atoms with van der Waals surface area (Å²) in [7, 11) is 1.21. The second-order valence-electron chi connectivity index (χ2n) is 5.12. The van der Waals surface area contributed by atoms with Crippen LogP contribution in [0.25, 0.3) is 0 Å². The summed E-state index contributed by atoms with van der Waals surface area (Å²) >= 11 is 0. The van der Waals surface area contributed by atoms with E-state index in [9.17, 15) is 14.0 Å². The largest absolute Gasteiger partial charge is 0.488 e. The maximum atomic E-state index is 13.7. The van der Waals surface area contributed by atoms with Crippen LogP contribution in [0, 0.1) is 5.82 Å². The molecular weight excluding hydrogens is 327 g/mol. The fourth-order valence-corrected chi connectivity index (χ4v) is 2.11. The Hall–Kier alpha value is -3.09. The van der Waals surface area contributed by atoms with Crippen molar-refractivity contribution in [1.82, 2.24) is 10.6 Å². The lowest BCUT2D eigenvalue weighted by Gasteiger charge is -2.20. The molecule has 1 atom stereocenters. The predicted molar refractivity (Wildman–Crippen MR) is 89.6 cm³/mol. The van der Waals surface area contributed by atoms with E-state index in [1.54, 1.807) is 12.1 Å². The van der Waals surface area contributed by atoms with E-state index < -0.39 is 23.9 Å². The number of hydrogen-bond donors (Lipinski definition) is 2. The van der Waals surface area contributed by atoms with Gasteiger partial charge in [0, 0.05) is 0 Å². The molecule has 0 bridgehead atoms. The number of halogens is 1. The van der Waals surface area contributed by atoms with Gasteiger partial charge in [0.05, 0.1) is 13.2 Å². The number of nitrogens with one attached hydrogen (secondary N) is 2. The first-order valence-electron chi connectivity index (χ1n) is 7.63. The van der Waals surface area contributed by atoms with Crippen LogP contribution in [-0.2, 0) is 9.53 Å². The van der Waals surface area contributed by atoms with E-state index >= 15 is 0 Å². The molecule has 2 aromatic carbocycles. The summed E-state index contributed by atoms with van der Waals surface area (Å²) in [6, 6.07) is 14.7. The Morgan fingerprint density at radius 3 is 2.44 bits per heavy atom. The minimum absolute atomic E-state index is 0.0366. The number of ether oxygens (including phenoxy) is 2. The molecule has 7 heteroatoms. The molecule has 0 aliphatic rings. The molecule has 2 amide bonds. The van der Waals surface area contributed by atoms with Crippen LogP contribution in [-0.4, -0.2) is 32.3 Å². The number of hydrogen-bond acceptors (Lipinski definition) is 4. The number of methoxy groups -OCH3 is 1. The SMILES string of the molecule is COC(=O)NCC(=O)N[C@H](COc1ccccc1F)c1ccccc1. The number of rotatable bonds is 7. The topological polar surface area (TPSA) is 76.7 Å². The van der Waals surface area contributed by atoms with Crippen molar-refractivity contribution < 1.29 is 23.5 Å². The first-order chi connectivity index (χ1) is 12.1.